The smallest absolute Gasteiger partial charge is 0.191 e. The summed E-state index contributed by atoms with van der Waals surface area (Å²) < 4.78 is 28.7. The van der Waals surface area contributed by atoms with E-state index in [-0.39, 0.29) is 35.8 Å². The van der Waals surface area contributed by atoms with E-state index in [1.807, 2.05) is 68.4 Å². The molecule has 166 valence electrons. The highest BCUT2D eigenvalue weighted by molar-refractivity contribution is 14.0. The number of aliphatic imine (C=N–C) groups is 1. The number of para-hydroxylation sites is 1. The number of benzene rings is 2. The zero-order chi connectivity index (χ0) is 21.1. The van der Waals surface area contributed by atoms with Crippen LogP contribution in [-0.4, -0.2) is 39.0 Å². The number of sulfone groups is 1. The highest BCUT2D eigenvalue weighted by atomic mass is 127. The summed E-state index contributed by atoms with van der Waals surface area (Å²) in [6.45, 7) is 5.63. The molecule has 2 aromatic carbocycles. The molecule has 30 heavy (non-hydrogen) atoms. The van der Waals surface area contributed by atoms with E-state index in [0.717, 1.165) is 23.4 Å². The fraction of sp³-hybridized carbons (Fsp3) is 0.409. The summed E-state index contributed by atoms with van der Waals surface area (Å²) in [5.74, 6) is 1.61. The SMILES string of the molecule is CCNC(=NCc1ccccc1OCc1ccccc1)NC(C)CCS(C)(=O)=O.I. The van der Waals surface area contributed by atoms with Crippen LogP contribution in [0.25, 0.3) is 0 Å². The first-order chi connectivity index (χ1) is 13.9. The van der Waals surface area contributed by atoms with E-state index < -0.39 is 9.84 Å². The van der Waals surface area contributed by atoms with Crippen molar-refractivity contribution in [2.24, 2.45) is 4.99 Å². The van der Waals surface area contributed by atoms with Crippen LogP contribution in [0.1, 0.15) is 31.4 Å². The second-order valence-electron chi connectivity index (χ2n) is 7.04. The first kappa shape index (κ1) is 26.2. The molecule has 0 aliphatic rings. The quantitative estimate of drug-likeness (QED) is 0.270. The van der Waals surface area contributed by atoms with E-state index in [0.29, 0.717) is 25.5 Å². The minimum atomic E-state index is -2.97. The Kier molecular flexibility index (Phi) is 11.8. The average Bonchev–Trinajstić information content (AvgIpc) is 2.70. The van der Waals surface area contributed by atoms with Gasteiger partial charge in [0.25, 0.3) is 0 Å². The highest BCUT2D eigenvalue weighted by Gasteiger charge is 2.10. The topological polar surface area (TPSA) is 79.8 Å². The van der Waals surface area contributed by atoms with Gasteiger partial charge in [-0.05, 0) is 31.9 Å². The molecule has 1 atom stereocenters. The molecular weight excluding hydrogens is 513 g/mol. The van der Waals surface area contributed by atoms with Gasteiger partial charge in [-0.1, -0.05) is 48.5 Å². The Hall–Kier alpha value is -1.81. The maximum absolute atomic E-state index is 11.4. The van der Waals surface area contributed by atoms with Gasteiger partial charge >= 0.3 is 0 Å². The van der Waals surface area contributed by atoms with Crippen molar-refractivity contribution in [2.45, 2.75) is 39.5 Å². The third-order valence-corrected chi connectivity index (χ3v) is 5.24. The minimum Gasteiger partial charge on any atom is -0.489 e. The molecular formula is C22H32IN3O3S. The molecule has 0 spiro atoms. The molecule has 6 nitrogen and oxygen atoms in total. The van der Waals surface area contributed by atoms with Gasteiger partial charge in [0.1, 0.15) is 22.2 Å². The van der Waals surface area contributed by atoms with Gasteiger partial charge in [0, 0.05) is 24.4 Å². The van der Waals surface area contributed by atoms with Crippen molar-refractivity contribution < 1.29 is 13.2 Å². The monoisotopic (exact) mass is 545 g/mol. The van der Waals surface area contributed by atoms with Crippen molar-refractivity contribution in [1.29, 1.82) is 0 Å². The number of hydrogen-bond acceptors (Lipinski definition) is 4. The fourth-order valence-electron chi connectivity index (χ4n) is 2.69. The van der Waals surface area contributed by atoms with Crippen LogP contribution >= 0.6 is 24.0 Å². The number of ether oxygens (including phenoxy) is 1. The Labute approximate surface area is 197 Å². The molecule has 0 aliphatic carbocycles. The second-order valence-corrected chi connectivity index (χ2v) is 9.30. The fourth-order valence-corrected chi connectivity index (χ4v) is 3.47. The van der Waals surface area contributed by atoms with E-state index in [2.05, 4.69) is 15.6 Å². The Morgan fingerprint density at radius 2 is 1.77 bits per heavy atom. The Bertz CT molecular complexity index is 890. The van der Waals surface area contributed by atoms with Crippen LogP contribution in [0.5, 0.6) is 5.75 Å². The molecule has 0 saturated heterocycles. The molecule has 0 aliphatic heterocycles. The Morgan fingerprint density at radius 1 is 1.10 bits per heavy atom. The second kappa shape index (κ2) is 13.5. The van der Waals surface area contributed by atoms with Gasteiger partial charge in [-0.25, -0.2) is 13.4 Å². The highest BCUT2D eigenvalue weighted by Crippen LogP contribution is 2.20. The first-order valence-electron chi connectivity index (χ1n) is 9.84. The molecule has 0 bridgehead atoms. The van der Waals surface area contributed by atoms with E-state index in [9.17, 15) is 8.42 Å². The lowest BCUT2D eigenvalue weighted by molar-refractivity contribution is 0.303. The van der Waals surface area contributed by atoms with Gasteiger partial charge in [-0.2, -0.15) is 0 Å². The Balaban J connectivity index is 0.00000450. The lowest BCUT2D eigenvalue weighted by Gasteiger charge is -2.18. The molecule has 0 heterocycles. The zero-order valence-electron chi connectivity index (χ0n) is 17.8. The summed E-state index contributed by atoms with van der Waals surface area (Å²) in [6, 6.07) is 17.9. The number of halogens is 1. The number of nitrogens with one attached hydrogen (secondary N) is 2. The lowest BCUT2D eigenvalue weighted by Crippen LogP contribution is -2.42. The van der Waals surface area contributed by atoms with Crippen LogP contribution in [0.3, 0.4) is 0 Å². The summed E-state index contributed by atoms with van der Waals surface area (Å²) >= 11 is 0. The predicted octanol–water partition coefficient (Wildman–Crippen LogP) is 3.76. The van der Waals surface area contributed by atoms with Gasteiger partial charge in [-0.15, -0.1) is 24.0 Å². The lowest BCUT2D eigenvalue weighted by atomic mass is 10.2. The third kappa shape index (κ3) is 10.3. The maximum Gasteiger partial charge on any atom is 0.191 e. The number of guanidine groups is 1. The van der Waals surface area contributed by atoms with Crippen LogP contribution in [0.15, 0.2) is 59.6 Å². The van der Waals surface area contributed by atoms with Gasteiger partial charge in [0.15, 0.2) is 5.96 Å². The maximum atomic E-state index is 11.4. The van der Waals surface area contributed by atoms with E-state index in [4.69, 9.17) is 4.74 Å². The van der Waals surface area contributed by atoms with Crippen molar-refractivity contribution >= 4 is 39.8 Å². The molecule has 0 aromatic heterocycles. The first-order valence-corrected chi connectivity index (χ1v) is 11.9. The van der Waals surface area contributed by atoms with Gasteiger partial charge in [-0.3, -0.25) is 0 Å². The van der Waals surface area contributed by atoms with E-state index in [1.165, 1.54) is 6.26 Å². The van der Waals surface area contributed by atoms with Crippen molar-refractivity contribution in [2.75, 3.05) is 18.6 Å². The van der Waals surface area contributed by atoms with Crippen LogP contribution < -0.4 is 15.4 Å². The summed E-state index contributed by atoms with van der Waals surface area (Å²) in [6.07, 6.45) is 1.78. The molecule has 2 aromatic rings. The number of hydrogen-bond donors (Lipinski definition) is 2. The van der Waals surface area contributed by atoms with E-state index in [1.54, 1.807) is 0 Å². The average molecular weight is 545 g/mol. The van der Waals surface area contributed by atoms with Crippen molar-refractivity contribution in [3.63, 3.8) is 0 Å². The minimum absolute atomic E-state index is 0. The third-order valence-electron chi connectivity index (χ3n) is 4.27. The summed E-state index contributed by atoms with van der Waals surface area (Å²) in [4.78, 5) is 4.65. The Morgan fingerprint density at radius 3 is 2.43 bits per heavy atom. The molecule has 8 heteroatoms. The number of rotatable bonds is 10. The van der Waals surface area contributed by atoms with E-state index >= 15 is 0 Å². The van der Waals surface area contributed by atoms with Crippen LogP contribution in [0.2, 0.25) is 0 Å². The number of nitrogens with zero attached hydrogens (tertiary/aromatic N) is 1. The van der Waals surface area contributed by atoms with Crippen LogP contribution in [-0.2, 0) is 23.0 Å². The molecule has 0 radical (unpaired) electrons. The zero-order valence-corrected chi connectivity index (χ0v) is 20.9. The predicted molar refractivity (Wildman–Crippen MR) is 134 cm³/mol. The summed E-state index contributed by atoms with van der Waals surface area (Å²) in [5.41, 5.74) is 2.10. The molecule has 0 saturated carbocycles. The molecule has 0 amide bonds. The van der Waals surface area contributed by atoms with Gasteiger partial charge < -0.3 is 15.4 Å². The molecule has 1 unspecified atom stereocenters. The normalized spacial score (nSPS) is 12.6. The van der Waals surface area contributed by atoms with Gasteiger partial charge in [0.2, 0.25) is 0 Å². The standard InChI is InChI=1S/C22H31N3O3S.HI/c1-4-23-22(25-18(2)14-15-29(3,26)27)24-16-20-12-8-9-13-21(20)28-17-19-10-6-5-7-11-19;/h5-13,18H,4,14-17H2,1-3H3,(H2,23,24,25);1H. The van der Waals surface area contributed by atoms with Crippen molar-refractivity contribution in [1.82, 2.24) is 10.6 Å². The van der Waals surface area contributed by atoms with Gasteiger partial charge in [0.05, 0.1) is 12.3 Å². The summed E-state index contributed by atoms with van der Waals surface area (Å²) in [5, 5.41) is 6.48. The van der Waals surface area contributed by atoms with Crippen molar-refractivity contribution in [3.8, 4) is 5.75 Å². The van der Waals surface area contributed by atoms with Crippen LogP contribution in [0, 0.1) is 0 Å². The molecule has 2 N–H and O–H groups in total. The van der Waals surface area contributed by atoms with Crippen molar-refractivity contribution in [3.05, 3.63) is 65.7 Å². The van der Waals surface area contributed by atoms with Crippen LogP contribution in [0.4, 0.5) is 0 Å². The largest absolute Gasteiger partial charge is 0.489 e. The summed E-state index contributed by atoms with van der Waals surface area (Å²) in [7, 11) is -2.97. The molecule has 2 rings (SSSR count). The molecule has 0 fully saturated rings.